The fourth-order valence-electron chi connectivity index (χ4n) is 3.11. The summed E-state index contributed by atoms with van der Waals surface area (Å²) in [5.41, 5.74) is 1.89. The summed E-state index contributed by atoms with van der Waals surface area (Å²) in [5.74, 6) is 0.256. The molecule has 0 saturated carbocycles. The van der Waals surface area contributed by atoms with Crippen LogP contribution in [0.25, 0.3) is 10.6 Å². The van der Waals surface area contributed by atoms with Gasteiger partial charge in [0.2, 0.25) is 11.8 Å². The van der Waals surface area contributed by atoms with Crippen molar-refractivity contribution in [2.75, 3.05) is 6.54 Å². The first-order valence-electron chi connectivity index (χ1n) is 8.77. The van der Waals surface area contributed by atoms with Crippen molar-refractivity contribution in [1.29, 1.82) is 0 Å². The summed E-state index contributed by atoms with van der Waals surface area (Å²) in [6.45, 7) is 1.19. The van der Waals surface area contributed by atoms with Crippen molar-refractivity contribution in [1.82, 2.24) is 15.2 Å². The molecule has 1 saturated heterocycles. The number of hydrogen-bond donors (Lipinski definition) is 1. The molecular weight excluding hydrogens is 362 g/mol. The van der Waals surface area contributed by atoms with Gasteiger partial charge in [-0.15, -0.1) is 11.3 Å². The van der Waals surface area contributed by atoms with E-state index in [2.05, 4.69) is 10.3 Å². The molecule has 4 rings (SSSR count). The summed E-state index contributed by atoms with van der Waals surface area (Å²) in [6, 6.07) is 13.6. The molecule has 2 aromatic heterocycles. The van der Waals surface area contributed by atoms with Crippen LogP contribution in [0, 0.1) is 5.92 Å². The normalized spacial score (nSPS) is 16.7. The van der Waals surface area contributed by atoms with Crippen molar-refractivity contribution in [2.45, 2.75) is 19.5 Å². The third kappa shape index (κ3) is 4.09. The lowest BCUT2D eigenvalue weighted by molar-refractivity contribution is -0.129. The summed E-state index contributed by atoms with van der Waals surface area (Å²) in [7, 11) is 0. The SMILES string of the molecule is O=C(NCc1csc(-c2ccccc2)n1)[C@@H]1CC(=O)N(Cc2ccco2)C1. The number of nitrogens with one attached hydrogen (secondary N) is 1. The number of benzene rings is 1. The van der Waals surface area contributed by atoms with Crippen LogP contribution < -0.4 is 5.32 Å². The molecule has 1 aliphatic heterocycles. The molecule has 138 valence electrons. The maximum atomic E-state index is 12.5. The average molecular weight is 381 g/mol. The van der Waals surface area contributed by atoms with Crippen LogP contribution in [0.3, 0.4) is 0 Å². The highest BCUT2D eigenvalue weighted by molar-refractivity contribution is 7.13. The number of aromatic nitrogens is 1. The molecule has 1 N–H and O–H groups in total. The summed E-state index contributed by atoms with van der Waals surface area (Å²) >= 11 is 1.55. The smallest absolute Gasteiger partial charge is 0.225 e. The first-order chi connectivity index (χ1) is 13.2. The first kappa shape index (κ1) is 17.5. The molecule has 3 aromatic rings. The van der Waals surface area contributed by atoms with Crippen LogP contribution in [0.1, 0.15) is 17.9 Å². The summed E-state index contributed by atoms with van der Waals surface area (Å²) in [6.07, 6.45) is 1.82. The molecule has 7 heteroatoms. The van der Waals surface area contributed by atoms with E-state index >= 15 is 0 Å². The van der Waals surface area contributed by atoms with Gasteiger partial charge in [0.15, 0.2) is 0 Å². The van der Waals surface area contributed by atoms with Crippen LogP contribution in [0.15, 0.2) is 58.5 Å². The number of hydrogen-bond acceptors (Lipinski definition) is 5. The van der Waals surface area contributed by atoms with E-state index in [1.807, 2.05) is 41.8 Å². The molecule has 0 aliphatic carbocycles. The fourth-order valence-corrected chi connectivity index (χ4v) is 3.94. The van der Waals surface area contributed by atoms with Crippen molar-refractivity contribution >= 4 is 23.2 Å². The van der Waals surface area contributed by atoms with Gasteiger partial charge in [0, 0.05) is 23.9 Å². The lowest BCUT2D eigenvalue weighted by atomic mass is 10.1. The van der Waals surface area contributed by atoms with E-state index in [4.69, 9.17) is 4.42 Å². The summed E-state index contributed by atoms with van der Waals surface area (Å²) < 4.78 is 5.28. The molecule has 1 fully saturated rings. The predicted octanol–water partition coefficient (Wildman–Crippen LogP) is 3.07. The van der Waals surface area contributed by atoms with Gasteiger partial charge in [-0.2, -0.15) is 0 Å². The number of carbonyl (C=O) groups is 2. The summed E-state index contributed by atoms with van der Waals surface area (Å²) in [4.78, 5) is 30.8. The average Bonchev–Trinajstić information content (AvgIpc) is 3.43. The largest absolute Gasteiger partial charge is 0.467 e. The van der Waals surface area contributed by atoms with Crippen LogP contribution in [-0.4, -0.2) is 28.2 Å². The Balaban J connectivity index is 1.31. The van der Waals surface area contributed by atoms with E-state index in [9.17, 15) is 9.59 Å². The number of furan rings is 1. The molecule has 1 aromatic carbocycles. The Bertz CT molecular complexity index is 921. The molecule has 0 unspecified atom stereocenters. The zero-order valence-corrected chi connectivity index (χ0v) is 15.4. The molecule has 27 heavy (non-hydrogen) atoms. The maximum absolute atomic E-state index is 12.5. The standard InChI is InChI=1S/C20H19N3O3S/c24-18-9-15(11-23(18)12-17-7-4-8-26-17)19(25)21-10-16-13-27-20(22-16)14-5-2-1-3-6-14/h1-8,13,15H,9-12H2,(H,21,25)/t15-/m1/s1. The van der Waals surface area contributed by atoms with E-state index < -0.39 is 0 Å². The molecule has 1 aliphatic rings. The van der Waals surface area contributed by atoms with Gasteiger partial charge in [0.25, 0.3) is 0 Å². The zero-order valence-electron chi connectivity index (χ0n) is 14.6. The number of thiazole rings is 1. The number of amides is 2. The molecule has 3 heterocycles. The highest BCUT2D eigenvalue weighted by Gasteiger charge is 2.34. The van der Waals surface area contributed by atoms with Crippen molar-refractivity contribution < 1.29 is 14.0 Å². The van der Waals surface area contributed by atoms with E-state index in [0.717, 1.165) is 22.0 Å². The third-order valence-corrected chi connectivity index (χ3v) is 5.47. The van der Waals surface area contributed by atoms with Gasteiger partial charge in [-0.3, -0.25) is 9.59 Å². The van der Waals surface area contributed by atoms with Gasteiger partial charge in [-0.05, 0) is 12.1 Å². The molecule has 0 bridgehead atoms. The monoisotopic (exact) mass is 381 g/mol. The topological polar surface area (TPSA) is 75.4 Å². The van der Waals surface area contributed by atoms with E-state index in [-0.39, 0.29) is 24.2 Å². The van der Waals surface area contributed by atoms with Crippen molar-refractivity contribution in [2.24, 2.45) is 5.92 Å². The number of likely N-dealkylation sites (tertiary alicyclic amines) is 1. The molecule has 2 amide bonds. The minimum absolute atomic E-state index is 0.0217. The highest BCUT2D eigenvalue weighted by atomic mass is 32.1. The van der Waals surface area contributed by atoms with E-state index in [1.165, 1.54) is 0 Å². The van der Waals surface area contributed by atoms with E-state index in [0.29, 0.717) is 19.6 Å². The minimum Gasteiger partial charge on any atom is -0.467 e. The Kier molecular flexibility index (Phi) is 5.02. The van der Waals surface area contributed by atoms with Gasteiger partial charge in [0.1, 0.15) is 10.8 Å². The molecule has 1 atom stereocenters. The third-order valence-electron chi connectivity index (χ3n) is 4.53. The second kappa shape index (κ2) is 7.75. The van der Waals surface area contributed by atoms with Crippen molar-refractivity contribution in [3.05, 3.63) is 65.6 Å². The Morgan fingerprint density at radius 3 is 2.89 bits per heavy atom. The lowest BCUT2D eigenvalue weighted by Crippen LogP contribution is -2.32. The van der Waals surface area contributed by atoms with Crippen molar-refractivity contribution in [3.63, 3.8) is 0 Å². The molecule has 6 nitrogen and oxygen atoms in total. The van der Waals surface area contributed by atoms with Gasteiger partial charge >= 0.3 is 0 Å². The fraction of sp³-hybridized carbons (Fsp3) is 0.250. The van der Waals surface area contributed by atoms with Crippen LogP contribution in [-0.2, 0) is 22.7 Å². The first-order valence-corrected chi connectivity index (χ1v) is 9.64. The van der Waals surface area contributed by atoms with Crippen LogP contribution in [0.4, 0.5) is 0 Å². The van der Waals surface area contributed by atoms with E-state index in [1.54, 1.807) is 28.6 Å². The predicted molar refractivity (Wildman–Crippen MR) is 102 cm³/mol. The second-order valence-corrected chi connectivity index (χ2v) is 7.34. The number of carbonyl (C=O) groups excluding carboxylic acids is 2. The second-order valence-electron chi connectivity index (χ2n) is 6.48. The van der Waals surface area contributed by atoms with Gasteiger partial charge < -0.3 is 14.6 Å². The van der Waals surface area contributed by atoms with Crippen LogP contribution >= 0.6 is 11.3 Å². The highest BCUT2D eigenvalue weighted by Crippen LogP contribution is 2.24. The van der Waals surface area contributed by atoms with Gasteiger partial charge in [0.05, 0.1) is 31.0 Å². The number of nitrogens with zero attached hydrogens (tertiary/aromatic N) is 2. The Morgan fingerprint density at radius 2 is 2.11 bits per heavy atom. The molecule has 0 radical (unpaired) electrons. The summed E-state index contributed by atoms with van der Waals surface area (Å²) in [5, 5.41) is 5.79. The van der Waals surface area contributed by atoms with Crippen LogP contribution in [0.2, 0.25) is 0 Å². The van der Waals surface area contributed by atoms with Crippen molar-refractivity contribution in [3.8, 4) is 10.6 Å². The Hall–Kier alpha value is -2.93. The molecule has 0 spiro atoms. The van der Waals surface area contributed by atoms with Gasteiger partial charge in [-0.1, -0.05) is 30.3 Å². The zero-order chi connectivity index (χ0) is 18.6. The Morgan fingerprint density at radius 1 is 1.26 bits per heavy atom. The minimum atomic E-state index is -0.334. The Labute approximate surface area is 160 Å². The number of rotatable bonds is 6. The van der Waals surface area contributed by atoms with Crippen LogP contribution in [0.5, 0.6) is 0 Å². The lowest BCUT2D eigenvalue weighted by Gasteiger charge is -2.14. The van der Waals surface area contributed by atoms with Gasteiger partial charge in [-0.25, -0.2) is 4.98 Å². The maximum Gasteiger partial charge on any atom is 0.225 e. The quantitative estimate of drug-likeness (QED) is 0.712. The molecular formula is C20H19N3O3S.